The van der Waals surface area contributed by atoms with Crippen LogP contribution in [-0.4, -0.2) is 104 Å². The molecule has 2 saturated heterocycles. The minimum atomic E-state index is -0.779. The molecule has 10 nitrogen and oxygen atoms in total. The number of morpholine rings is 2. The van der Waals surface area contributed by atoms with E-state index in [0.717, 1.165) is 58.5 Å². The van der Waals surface area contributed by atoms with E-state index in [-0.39, 0.29) is 34.9 Å². The average molecular weight is 825 g/mol. The van der Waals surface area contributed by atoms with Crippen molar-refractivity contribution in [2.45, 2.75) is 94.2 Å². The van der Waals surface area contributed by atoms with Gasteiger partial charge in [-0.1, -0.05) is 135 Å². The van der Waals surface area contributed by atoms with Crippen LogP contribution in [0.2, 0.25) is 0 Å². The number of allylic oxidation sites excluding steroid dienone is 20. The van der Waals surface area contributed by atoms with E-state index in [1.165, 1.54) is 0 Å². The Kier molecular flexibility index (Phi) is 19.6. The zero-order valence-corrected chi connectivity index (χ0v) is 37.6. The Hall–Kier alpha value is -4.90. The first-order valence-corrected chi connectivity index (χ1v) is 20.9. The van der Waals surface area contributed by atoms with Crippen molar-refractivity contribution in [1.29, 1.82) is 0 Å². The van der Waals surface area contributed by atoms with Gasteiger partial charge >= 0.3 is 6.09 Å². The number of carbonyl (C=O) groups is 4. The van der Waals surface area contributed by atoms with E-state index in [1.807, 2.05) is 57.2 Å². The Morgan fingerprint density at radius 3 is 1.53 bits per heavy atom. The largest absolute Gasteiger partial charge is 0.483 e. The molecule has 0 aromatic heterocycles. The second-order valence-corrected chi connectivity index (χ2v) is 17.1. The van der Waals surface area contributed by atoms with Crippen LogP contribution in [0.4, 0.5) is 4.79 Å². The highest BCUT2D eigenvalue weighted by molar-refractivity contribution is 6.02. The molecule has 326 valence electrons. The third-order valence-corrected chi connectivity index (χ3v) is 11.3. The quantitative estimate of drug-likeness (QED) is 0.152. The van der Waals surface area contributed by atoms with Gasteiger partial charge in [0.1, 0.15) is 0 Å². The van der Waals surface area contributed by atoms with Crippen LogP contribution < -0.4 is 0 Å². The van der Waals surface area contributed by atoms with Crippen molar-refractivity contribution < 1.29 is 38.5 Å². The van der Waals surface area contributed by atoms with Gasteiger partial charge in [-0.3, -0.25) is 19.3 Å². The van der Waals surface area contributed by atoms with Crippen LogP contribution in [0.25, 0.3) is 0 Å². The molecule has 2 aliphatic heterocycles. The number of carbonyl (C=O) groups excluding carboxylic acids is 3. The second-order valence-electron chi connectivity index (χ2n) is 17.1. The lowest BCUT2D eigenvalue weighted by Gasteiger charge is -2.42. The van der Waals surface area contributed by atoms with Crippen LogP contribution in [0.1, 0.15) is 82.1 Å². The number of ether oxygens (including phenoxy) is 3. The van der Waals surface area contributed by atoms with E-state index in [4.69, 9.17) is 24.1 Å². The third kappa shape index (κ3) is 15.0. The monoisotopic (exact) mass is 824 g/mol. The first-order valence-electron chi connectivity index (χ1n) is 20.9. The molecule has 4 aliphatic rings. The number of rotatable bonds is 12. The van der Waals surface area contributed by atoms with E-state index in [9.17, 15) is 14.4 Å². The minimum Gasteiger partial charge on any atom is -0.483 e. The van der Waals surface area contributed by atoms with E-state index >= 15 is 0 Å². The SMILES string of the molecule is CC1=C(/C=C/C(C)=C/C=C/C(C)=C/C=C/C=C(C)/C=C/C=C(C)/C=C/C2=C(C)C(=O)C(N3CCOCC3)CC2(C)C)C(C)(C)CC(OC(=O)N2CCOCC2)C1=O.O=CO. The van der Waals surface area contributed by atoms with Gasteiger partial charge in [-0.15, -0.1) is 0 Å². The number of amides is 1. The lowest BCUT2D eigenvalue weighted by atomic mass is 9.69. The molecule has 0 radical (unpaired) electrons. The molecule has 2 heterocycles. The van der Waals surface area contributed by atoms with Crippen molar-refractivity contribution >= 4 is 24.1 Å². The van der Waals surface area contributed by atoms with Gasteiger partial charge < -0.3 is 24.2 Å². The van der Waals surface area contributed by atoms with Gasteiger partial charge in [-0.2, -0.15) is 0 Å². The summed E-state index contributed by atoms with van der Waals surface area (Å²) in [6.07, 6.45) is 29.0. The Morgan fingerprint density at radius 1 is 0.650 bits per heavy atom. The zero-order chi connectivity index (χ0) is 44.5. The smallest absolute Gasteiger partial charge is 0.410 e. The normalized spacial score (nSPS) is 24.1. The molecule has 2 unspecified atom stereocenters. The molecule has 2 atom stereocenters. The molecule has 0 bridgehead atoms. The summed E-state index contributed by atoms with van der Waals surface area (Å²) >= 11 is 0. The van der Waals surface area contributed by atoms with Crippen LogP contribution in [-0.2, 0) is 28.6 Å². The van der Waals surface area contributed by atoms with E-state index in [2.05, 4.69) is 102 Å². The summed E-state index contributed by atoms with van der Waals surface area (Å²) in [7, 11) is 0. The molecule has 0 aromatic rings. The zero-order valence-electron chi connectivity index (χ0n) is 37.6. The van der Waals surface area contributed by atoms with Crippen molar-refractivity contribution in [2.24, 2.45) is 10.8 Å². The molecular formula is C50H68N2O8. The van der Waals surface area contributed by atoms with Gasteiger partial charge in [-0.05, 0) is 81.1 Å². The van der Waals surface area contributed by atoms with Gasteiger partial charge in [-0.25, -0.2) is 4.79 Å². The molecule has 0 saturated carbocycles. The van der Waals surface area contributed by atoms with Gasteiger partial charge in [0, 0.05) is 32.6 Å². The maximum Gasteiger partial charge on any atom is 0.410 e. The minimum absolute atomic E-state index is 0.0584. The molecule has 2 aliphatic carbocycles. The standard InChI is InChI=1S/C49H66N2O6.CH2O2/c1-35(17-13-19-37(3)21-23-41-39(5)45(52)43(33-48(41,7)8)50-25-29-55-30-26-50)15-11-12-16-36(2)18-14-20-38(4)22-24-42-40(6)46(53)44(34-49(42,9)10)57-47(54)51-27-31-56-32-28-51;2-1-3/h11-24,43-44H,25-34H2,1-10H3;1H,(H,2,3)/b12-11+,17-13+,18-14+,23-21+,24-22+,35-15+,36-16+,37-19+,38-20+;. The van der Waals surface area contributed by atoms with Crippen molar-refractivity contribution in [3.05, 3.63) is 130 Å². The highest BCUT2D eigenvalue weighted by Gasteiger charge is 2.42. The van der Waals surface area contributed by atoms with Crippen LogP contribution in [0.5, 0.6) is 0 Å². The molecule has 0 spiro atoms. The molecule has 2 fully saturated rings. The highest BCUT2D eigenvalue weighted by Crippen LogP contribution is 2.42. The fourth-order valence-electron chi connectivity index (χ4n) is 7.82. The molecule has 1 N–H and O–H groups in total. The maximum absolute atomic E-state index is 13.3. The number of hydrogen-bond acceptors (Lipinski definition) is 8. The summed E-state index contributed by atoms with van der Waals surface area (Å²) in [6, 6.07) is -0.0584. The molecule has 60 heavy (non-hydrogen) atoms. The van der Waals surface area contributed by atoms with Gasteiger partial charge in [0.05, 0.1) is 32.5 Å². The second kappa shape index (κ2) is 23.8. The first kappa shape index (κ1) is 49.5. The van der Waals surface area contributed by atoms with Crippen molar-refractivity contribution in [2.75, 3.05) is 52.6 Å². The Labute approximate surface area is 358 Å². The predicted molar refractivity (Wildman–Crippen MR) is 240 cm³/mol. The van der Waals surface area contributed by atoms with Gasteiger partial charge in [0.15, 0.2) is 17.7 Å². The van der Waals surface area contributed by atoms with Gasteiger partial charge in [0.25, 0.3) is 6.47 Å². The molecule has 1 amide bonds. The van der Waals surface area contributed by atoms with E-state index < -0.39 is 12.2 Å². The van der Waals surface area contributed by atoms with Gasteiger partial charge in [0.2, 0.25) is 0 Å². The Bertz CT molecular complexity index is 1900. The summed E-state index contributed by atoms with van der Waals surface area (Å²) in [5.74, 6) is 0.117. The number of carboxylic acid groups (broad SMARTS) is 1. The Morgan fingerprint density at radius 2 is 1.05 bits per heavy atom. The predicted octanol–water partition coefficient (Wildman–Crippen LogP) is 9.42. The number of ketones is 2. The summed E-state index contributed by atoms with van der Waals surface area (Å²) in [6.45, 7) is 25.5. The number of hydrogen-bond donors (Lipinski definition) is 1. The molecule has 0 aromatic carbocycles. The van der Waals surface area contributed by atoms with Crippen LogP contribution in [0.15, 0.2) is 130 Å². The van der Waals surface area contributed by atoms with Crippen molar-refractivity contribution in [3.8, 4) is 0 Å². The number of Topliss-reactive ketones (excluding diaryl/α,β-unsaturated/α-hetero) is 2. The summed E-state index contributed by atoms with van der Waals surface area (Å²) < 4.78 is 16.5. The average Bonchev–Trinajstić information content (AvgIpc) is 3.20. The van der Waals surface area contributed by atoms with E-state index in [1.54, 1.807) is 4.90 Å². The molecular weight excluding hydrogens is 757 g/mol. The fraction of sp³-hybridized carbons (Fsp3) is 0.480. The van der Waals surface area contributed by atoms with Crippen molar-refractivity contribution in [1.82, 2.24) is 9.80 Å². The first-order chi connectivity index (χ1) is 28.4. The maximum atomic E-state index is 13.3. The Balaban J connectivity index is 0.00000311. The van der Waals surface area contributed by atoms with Crippen LogP contribution in [0, 0.1) is 10.8 Å². The third-order valence-electron chi connectivity index (χ3n) is 11.3. The summed E-state index contributed by atoms with van der Waals surface area (Å²) in [5.41, 5.74) is 7.63. The summed E-state index contributed by atoms with van der Waals surface area (Å²) in [4.78, 5) is 51.5. The summed E-state index contributed by atoms with van der Waals surface area (Å²) in [5, 5.41) is 6.89. The number of nitrogens with zero attached hydrogens (tertiary/aromatic N) is 2. The van der Waals surface area contributed by atoms with Crippen LogP contribution >= 0.6 is 0 Å². The van der Waals surface area contributed by atoms with Crippen molar-refractivity contribution in [3.63, 3.8) is 0 Å². The lowest BCUT2D eigenvalue weighted by Crippen LogP contribution is -2.51. The molecule has 10 heteroatoms. The van der Waals surface area contributed by atoms with Crippen LogP contribution in [0.3, 0.4) is 0 Å². The van der Waals surface area contributed by atoms with E-state index in [0.29, 0.717) is 51.5 Å². The fourth-order valence-corrected chi connectivity index (χ4v) is 7.82. The topological polar surface area (TPSA) is 123 Å². The lowest BCUT2D eigenvalue weighted by molar-refractivity contribution is -0.127. The molecule has 4 rings (SSSR count). The highest BCUT2D eigenvalue weighted by atomic mass is 16.6.